The normalized spacial score (nSPS) is 10.3. The summed E-state index contributed by atoms with van der Waals surface area (Å²) in [5.41, 5.74) is 1.04. The number of hydrogen-bond donors (Lipinski definition) is 0. The Bertz CT molecular complexity index is 632. The summed E-state index contributed by atoms with van der Waals surface area (Å²) in [7, 11) is 0. The maximum absolute atomic E-state index is 12.0. The van der Waals surface area contributed by atoms with Crippen LogP contribution in [0.4, 0.5) is 0 Å². The van der Waals surface area contributed by atoms with Gasteiger partial charge in [-0.25, -0.2) is 4.98 Å². The van der Waals surface area contributed by atoms with Crippen LogP contribution in [0, 0.1) is 10.5 Å². The number of carbonyl (C=O) groups excluding carboxylic acids is 1. The van der Waals surface area contributed by atoms with Crippen molar-refractivity contribution in [3.63, 3.8) is 0 Å². The summed E-state index contributed by atoms with van der Waals surface area (Å²) < 4.78 is 2.38. The van der Waals surface area contributed by atoms with Crippen molar-refractivity contribution >= 4 is 28.4 Å². The summed E-state index contributed by atoms with van der Waals surface area (Å²) in [5, 5.41) is 0. The first-order valence-electron chi connectivity index (χ1n) is 5.38. The lowest BCUT2D eigenvalue weighted by Gasteiger charge is -2.04. The first-order valence-corrected chi connectivity index (χ1v) is 6.46. The van der Waals surface area contributed by atoms with Gasteiger partial charge in [0, 0.05) is 20.9 Å². The molecule has 0 N–H and O–H groups in total. The highest BCUT2D eigenvalue weighted by Crippen LogP contribution is 2.07. The van der Waals surface area contributed by atoms with Crippen molar-refractivity contribution < 1.29 is 4.79 Å². The van der Waals surface area contributed by atoms with E-state index in [1.807, 2.05) is 12.1 Å². The zero-order valence-electron chi connectivity index (χ0n) is 9.76. The third-order valence-corrected chi connectivity index (χ3v) is 3.22. The average molecular weight is 354 g/mol. The van der Waals surface area contributed by atoms with Crippen LogP contribution in [0.15, 0.2) is 41.5 Å². The first kappa shape index (κ1) is 12.9. The van der Waals surface area contributed by atoms with Gasteiger partial charge < -0.3 is 0 Å². The Hall–Kier alpha value is -1.50. The third kappa shape index (κ3) is 3.04. The molecule has 2 aromatic rings. The Morgan fingerprint density at radius 1 is 1.33 bits per heavy atom. The van der Waals surface area contributed by atoms with Gasteiger partial charge >= 0.3 is 0 Å². The van der Waals surface area contributed by atoms with Crippen LogP contribution in [-0.4, -0.2) is 15.3 Å². The summed E-state index contributed by atoms with van der Waals surface area (Å²) in [4.78, 5) is 27.6. The average Bonchev–Trinajstić information content (AvgIpc) is 2.33. The van der Waals surface area contributed by atoms with Gasteiger partial charge in [0.2, 0.25) is 0 Å². The molecule has 4 nitrogen and oxygen atoms in total. The van der Waals surface area contributed by atoms with E-state index in [0.29, 0.717) is 11.3 Å². The summed E-state index contributed by atoms with van der Waals surface area (Å²) in [6, 6.07) is 8.67. The van der Waals surface area contributed by atoms with Crippen molar-refractivity contribution in [2.24, 2.45) is 0 Å². The molecule has 1 aromatic carbocycles. The van der Waals surface area contributed by atoms with Crippen LogP contribution < -0.4 is 5.56 Å². The largest absolute Gasteiger partial charge is 0.292 e. The molecular weight excluding hydrogens is 343 g/mol. The predicted molar refractivity (Wildman–Crippen MR) is 76.7 cm³/mol. The summed E-state index contributed by atoms with van der Waals surface area (Å²) in [6.07, 6.45) is 1.41. The number of rotatable bonds is 3. The molecule has 0 unspecified atom stereocenters. The van der Waals surface area contributed by atoms with Crippen molar-refractivity contribution in [2.75, 3.05) is 0 Å². The zero-order chi connectivity index (χ0) is 13.1. The molecule has 0 aliphatic carbocycles. The van der Waals surface area contributed by atoms with Crippen LogP contribution in [0.1, 0.15) is 16.1 Å². The molecule has 0 atom stereocenters. The van der Waals surface area contributed by atoms with Crippen molar-refractivity contribution in [1.29, 1.82) is 0 Å². The lowest BCUT2D eigenvalue weighted by atomic mass is 10.1. The minimum Gasteiger partial charge on any atom is -0.292 e. The zero-order valence-corrected chi connectivity index (χ0v) is 11.9. The molecule has 0 bridgehead atoms. The molecule has 0 radical (unpaired) electrons. The second-order valence-corrected chi connectivity index (χ2v) is 5.17. The molecule has 1 aromatic heterocycles. The van der Waals surface area contributed by atoms with E-state index in [4.69, 9.17) is 0 Å². The fraction of sp³-hybridized carbons (Fsp3) is 0.154. The number of aromatic nitrogens is 2. The van der Waals surface area contributed by atoms with Crippen LogP contribution in [0.5, 0.6) is 0 Å². The van der Waals surface area contributed by atoms with Crippen molar-refractivity contribution in [3.8, 4) is 0 Å². The number of hydrogen-bond acceptors (Lipinski definition) is 3. The van der Waals surface area contributed by atoms with Crippen molar-refractivity contribution in [2.45, 2.75) is 13.5 Å². The number of nitrogens with zero attached hydrogens (tertiary/aromatic N) is 2. The van der Waals surface area contributed by atoms with Gasteiger partial charge in [0.25, 0.3) is 5.56 Å². The molecule has 0 saturated carbocycles. The molecule has 92 valence electrons. The molecule has 0 spiro atoms. The van der Waals surface area contributed by atoms with Gasteiger partial charge in [-0.2, -0.15) is 0 Å². The lowest BCUT2D eigenvalue weighted by molar-refractivity contribution is 0.0970. The monoisotopic (exact) mass is 354 g/mol. The van der Waals surface area contributed by atoms with Crippen LogP contribution in [0.2, 0.25) is 0 Å². The SMILES string of the molecule is Cc1cc(=O)n(CC(=O)c2ccc(I)cc2)cn1. The van der Waals surface area contributed by atoms with E-state index in [1.165, 1.54) is 17.0 Å². The molecule has 0 saturated heterocycles. The minimum absolute atomic E-state index is 0.0205. The number of halogens is 1. The smallest absolute Gasteiger partial charge is 0.253 e. The van der Waals surface area contributed by atoms with Crippen LogP contribution in [-0.2, 0) is 6.54 Å². The molecule has 0 aliphatic rings. The maximum atomic E-state index is 12.0. The van der Waals surface area contributed by atoms with Crippen LogP contribution >= 0.6 is 22.6 Å². The predicted octanol–water partition coefficient (Wildman–Crippen LogP) is 2.04. The highest BCUT2D eigenvalue weighted by atomic mass is 127. The molecule has 0 fully saturated rings. The van der Waals surface area contributed by atoms with E-state index in [9.17, 15) is 9.59 Å². The Morgan fingerprint density at radius 2 is 2.00 bits per heavy atom. The number of ketones is 1. The van der Waals surface area contributed by atoms with Gasteiger partial charge in [-0.3, -0.25) is 14.2 Å². The molecular formula is C13H11IN2O2. The maximum Gasteiger partial charge on any atom is 0.253 e. The summed E-state index contributed by atoms with van der Waals surface area (Å²) in [6.45, 7) is 1.76. The summed E-state index contributed by atoms with van der Waals surface area (Å²) in [5.74, 6) is -0.0980. The summed E-state index contributed by atoms with van der Waals surface area (Å²) >= 11 is 2.18. The standard InChI is InChI=1S/C13H11IN2O2/c1-9-6-13(18)16(8-15-9)7-12(17)10-2-4-11(14)5-3-10/h2-6,8H,7H2,1H3. The van der Waals surface area contributed by atoms with Crippen LogP contribution in [0.3, 0.4) is 0 Å². The Morgan fingerprint density at radius 3 is 2.61 bits per heavy atom. The van der Waals surface area contributed by atoms with Gasteiger partial charge in [0.05, 0.1) is 12.9 Å². The van der Waals surface area contributed by atoms with E-state index in [0.717, 1.165) is 3.57 Å². The van der Waals surface area contributed by atoms with E-state index < -0.39 is 0 Å². The number of carbonyl (C=O) groups is 1. The van der Waals surface area contributed by atoms with Crippen molar-refractivity contribution in [1.82, 2.24) is 9.55 Å². The first-order chi connectivity index (χ1) is 8.56. The van der Waals surface area contributed by atoms with Gasteiger partial charge in [-0.1, -0.05) is 12.1 Å². The van der Waals surface area contributed by atoms with Gasteiger partial charge in [-0.15, -0.1) is 0 Å². The van der Waals surface area contributed by atoms with E-state index in [-0.39, 0.29) is 17.9 Å². The van der Waals surface area contributed by atoms with E-state index >= 15 is 0 Å². The molecule has 0 aliphatic heterocycles. The van der Waals surface area contributed by atoms with Gasteiger partial charge in [0.1, 0.15) is 0 Å². The van der Waals surface area contributed by atoms with Crippen LogP contribution in [0.25, 0.3) is 0 Å². The number of benzene rings is 1. The topological polar surface area (TPSA) is 52.0 Å². The lowest BCUT2D eigenvalue weighted by Crippen LogP contribution is -2.24. The molecule has 0 amide bonds. The second-order valence-electron chi connectivity index (χ2n) is 3.93. The molecule has 2 rings (SSSR count). The second kappa shape index (κ2) is 5.43. The van der Waals surface area contributed by atoms with E-state index in [2.05, 4.69) is 27.6 Å². The Labute approximate surface area is 118 Å². The molecule has 1 heterocycles. The van der Waals surface area contributed by atoms with Gasteiger partial charge in [0.15, 0.2) is 5.78 Å². The quantitative estimate of drug-likeness (QED) is 0.626. The Kier molecular flexibility index (Phi) is 3.90. The van der Waals surface area contributed by atoms with E-state index in [1.54, 1.807) is 19.1 Å². The van der Waals surface area contributed by atoms with Crippen molar-refractivity contribution in [3.05, 3.63) is 61.8 Å². The third-order valence-electron chi connectivity index (χ3n) is 2.50. The molecule has 5 heteroatoms. The highest BCUT2D eigenvalue weighted by Gasteiger charge is 2.07. The molecule has 18 heavy (non-hydrogen) atoms. The fourth-order valence-corrected chi connectivity index (χ4v) is 1.88. The number of aryl methyl sites for hydroxylation is 1. The highest BCUT2D eigenvalue weighted by molar-refractivity contribution is 14.1. The number of Topliss-reactive ketones (excluding diaryl/α,β-unsaturated/α-hetero) is 1. The van der Waals surface area contributed by atoms with Gasteiger partial charge in [-0.05, 0) is 41.6 Å². The minimum atomic E-state index is -0.207. The fourth-order valence-electron chi connectivity index (χ4n) is 1.52. The Balaban J connectivity index is 2.21.